The molecular weight excluding hydrogens is 554 g/mol. The summed E-state index contributed by atoms with van der Waals surface area (Å²) in [6.07, 6.45) is -0.679. The zero-order valence-electron chi connectivity index (χ0n) is 23.8. The van der Waals surface area contributed by atoms with Gasteiger partial charge in [-0.25, -0.2) is 4.79 Å². The Bertz CT molecular complexity index is 1910. The fourth-order valence-corrected chi connectivity index (χ4v) is 5.77. The number of carbonyl (C=O) groups is 2. The van der Waals surface area contributed by atoms with Gasteiger partial charge in [-0.1, -0.05) is 97.1 Å². The SMILES string of the molecule is O=C(CNC(=O)OCC1c2ccccc2-c2ccccc21)OCc1ccc(-c2nn(Cc3ccccc3)c3ccccc23)o1. The number of para-hydroxylation sites is 1. The number of nitrogens with one attached hydrogen (secondary N) is 1. The molecule has 4 aromatic carbocycles. The van der Waals surface area contributed by atoms with Gasteiger partial charge in [0.05, 0.1) is 12.1 Å². The summed E-state index contributed by atoms with van der Waals surface area (Å²) >= 11 is 0. The molecule has 0 atom stereocenters. The number of ether oxygens (including phenoxy) is 2. The molecule has 6 aromatic rings. The molecule has 218 valence electrons. The molecule has 1 aliphatic rings. The molecule has 1 aliphatic carbocycles. The van der Waals surface area contributed by atoms with Gasteiger partial charge in [-0.15, -0.1) is 0 Å². The summed E-state index contributed by atoms with van der Waals surface area (Å²) in [7, 11) is 0. The summed E-state index contributed by atoms with van der Waals surface area (Å²) < 4.78 is 18.8. The maximum Gasteiger partial charge on any atom is 0.407 e. The normalized spacial score (nSPS) is 12.1. The number of hydrogen-bond donors (Lipinski definition) is 1. The monoisotopic (exact) mass is 583 g/mol. The lowest BCUT2D eigenvalue weighted by Crippen LogP contribution is -2.32. The highest BCUT2D eigenvalue weighted by Gasteiger charge is 2.29. The lowest BCUT2D eigenvalue weighted by Gasteiger charge is -2.14. The van der Waals surface area contributed by atoms with E-state index in [1.54, 1.807) is 6.07 Å². The summed E-state index contributed by atoms with van der Waals surface area (Å²) in [4.78, 5) is 24.8. The van der Waals surface area contributed by atoms with Crippen LogP contribution in [0.15, 0.2) is 120 Å². The first-order valence-electron chi connectivity index (χ1n) is 14.5. The van der Waals surface area contributed by atoms with Gasteiger partial charge in [0.25, 0.3) is 0 Å². The predicted molar refractivity (Wildman–Crippen MR) is 166 cm³/mol. The number of rotatable bonds is 9. The van der Waals surface area contributed by atoms with E-state index in [1.807, 2.05) is 77.5 Å². The smallest absolute Gasteiger partial charge is 0.407 e. The molecule has 0 fully saturated rings. The minimum absolute atomic E-state index is 0.0601. The van der Waals surface area contributed by atoms with Crippen LogP contribution >= 0.6 is 0 Å². The Kier molecular flexibility index (Phi) is 7.38. The Morgan fingerprint density at radius 2 is 1.45 bits per heavy atom. The van der Waals surface area contributed by atoms with E-state index >= 15 is 0 Å². The Labute approximate surface area is 253 Å². The van der Waals surface area contributed by atoms with Gasteiger partial charge in [-0.2, -0.15) is 5.10 Å². The zero-order valence-corrected chi connectivity index (χ0v) is 23.8. The maximum absolute atomic E-state index is 12.4. The van der Waals surface area contributed by atoms with Gasteiger partial charge in [-0.05, 0) is 46.0 Å². The number of nitrogens with zero attached hydrogens (tertiary/aromatic N) is 2. The molecule has 0 saturated heterocycles. The van der Waals surface area contributed by atoms with Crippen LogP contribution in [0.3, 0.4) is 0 Å². The molecule has 0 spiro atoms. The Morgan fingerprint density at radius 3 is 2.23 bits per heavy atom. The number of alkyl carbamates (subject to hydrolysis) is 1. The number of amides is 1. The van der Waals surface area contributed by atoms with E-state index in [1.165, 1.54) is 0 Å². The molecule has 8 heteroatoms. The molecular formula is C36H29N3O5. The van der Waals surface area contributed by atoms with Crippen molar-refractivity contribution in [3.63, 3.8) is 0 Å². The Hall–Kier alpha value is -5.63. The highest BCUT2D eigenvalue weighted by atomic mass is 16.6. The second-order valence-electron chi connectivity index (χ2n) is 10.6. The van der Waals surface area contributed by atoms with Gasteiger partial charge in [0.15, 0.2) is 5.76 Å². The molecule has 1 N–H and O–H groups in total. The first-order valence-corrected chi connectivity index (χ1v) is 14.5. The lowest BCUT2D eigenvalue weighted by molar-refractivity contribution is -0.144. The topological polar surface area (TPSA) is 95.6 Å². The highest BCUT2D eigenvalue weighted by Crippen LogP contribution is 2.44. The van der Waals surface area contributed by atoms with Gasteiger partial charge >= 0.3 is 12.1 Å². The third-order valence-electron chi connectivity index (χ3n) is 7.82. The molecule has 0 aliphatic heterocycles. The number of carbonyl (C=O) groups excluding carboxylic acids is 2. The van der Waals surface area contributed by atoms with Crippen molar-refractivity contribution in [2.45, 2.75) is 19.1 Å². The van der Waals surface area contributed by atoms with Crippen LogP contribution in [0.5, 0.6) is 0 Å². The number of fused-ring (bicyclic) bond motifs is 4. The molecule has 8 nitrogen and oxygen atoms in total. The maximum atomic E-state index is 12.4. The number of esters is 1. The van der Waals surface area contributed by atoms with Crippen molar-refractivity contribution < 1.29 is 23.5 Å². The molecule has 2 heterocycles. The van der Waals surface area contributed by atoms with E-state index in [4.69, 9.17) is 19.0 Å². The number of furan rings is 1. The van der Waals surface area contributed by atoms with Crippen LogP contribution in [-0.2, 0) is 27.4 Å². The van der Waals surface area contributed by atoms with Crippen molar-refractivity contribution in [3.8, 4) is 22.6 Å². The Morgan fingerprint density at radius 1 is 0.773 bits per heavy atom. The van der Waals surface area contributed by atoms with Gasteiger partial charge in [0.2, 0.25) is 0 Å². The molecule has 1 amide bonds. The van der Waals surface area contributed by atoms with Crippen molar-refractivity contribution >= 4 is 23.0 Å². The van der Waals surface area contributed by atoms with Crippen LogP contribution in [0.25, 0.3) is 33.5 Å². The predicted octanol–water partition coefficient (Wildman–Crippen LogP) is 6.93. The third kappa shape index (κ3) is 5.45. The van der Waals surface area contributed by atoms with Crippen molar-refractivity contribution in [1.82, 2.24) is 15.1 Å². The van der Waals surface area contributed by atoms with Crippen LogP contribution in [0.1, 0.15) is 28.4 Å². The number of aromatic nitrogens is 2. The van der Waals surface area contributed by atoms with E-state index in [0.717, 1.165) is 38.7 Å². The van der Waals surface area contributed by atoms with Crippen molar-refractivity contribution in [3.05, 3.63) is 138 Å². The van der Waals surface area contributed by atoms with Gasteiger partial charge in [-0.3, -0.25) is 9.48 Å². The van der Waals surface area contributed by atoms with E-state index in [9.17, 15) is 9.59 Å². The standard InChI is InChI=1S/C36H29N3O5/c40-34(20-37-36(41)43-23-31-28-14-6-4-12-26(28)27-13-5-7-15-29(27)31)42-22-25-18-19-33(44-25)35-30-16-8-9-17-32(30)39(38-35)21-24-10-2-1-3-11-24/h1-19,31H,20-23H2,(H,37,41). The quantitative estimate of drug-likeness (QED) is 0.186. The van der Waals surface area contributed by atoms with E-state index < -0.39 is 12.1 Å². The second-order valence-corrected chi connectivity index (χ2v) is 10.6. The van der Waals surface area contributed by atoms with Crippen LogP contribution < -0.4 is 5.32 Å². The third-order valence-corrected chi connectivity index (χ3v) is 7.82. The summed E-state index contributed by atoms with van der Waals surface area (Å²) in [5, 5.41) is 8.29. The van der Waals surface area contributed by atoms with E-state index in [-0.39, 0.29) is 25.7 Å². The summed E-state index contributed by atoms with van der Waals surface area (Å²) in [5.41, 5.74) is 7.39. The van der Waals surface area contributed by atoms with Crippen LogP contribution in [0.4, 0.5) is 4.79 Å². The van der Waals surface area contributed by atoms with Crippen LogP contribution in [0, 0.1) is 0 Å². The molecule has 44 heavy (non-hydrogen) atoms. The van der Waals surface area contributed by atoms with Crippen molar-refractivity contribution in [2.24, 2.45) is 0 Å². The van der Waals surface area contributed by atoms with Crippen LogP contribution in [-0.4, -0.2) is 35.0 Å². The van der Waals surface area contributed by atoms with Gasteiger partial charge in [0, 0.05) is 11.3 Å². The van der Waals surface area contributed by atoms with Gasteiger partial charge in [0.1, 0.15) is 31.2 Å². The van der Waals surface area contributed by atoms with Crippen LogP contribution in [0.2, 0.25) is 0 Å². The summed E-state index contributed by atoms with van der Waals surface area (Å²) in [6.45, 7) is 0.399. The number of benzene rings is 4. The zero-order chi connectivity index (χ0) is 29.9. The average Bonchev–Trinajstić information content (AvgIpc) is 3.77. The first kappa shape index (κ1) is 27.2. The summed E-state index contributed by atoms with van der Waals surface area (Å²) in [6, 6.07) is 37.9. The minimum atomic E-state index is -0.679. The fraction of sp³-hybridized carbons (Fsp3) is 0.139. The van der Waals surface area contributed by atoms with Gasteiger partial charge < -0.3 is 19.2 Å². The average molecular weight is 584 g/mol. The molecule has 2 aromatic heterocycles. The van der Waals surface area contributed by atoms with Crippen molar-refractivity contribution in [2.75, 3.05) is 13.2 Å². The molecule has 0 bridgehead atoms. The van der Waals surface area contributed by atoms with E-state index in [0.29, 0.717) is 23.8 Å². The number of hydrogen-bond acceptors (Lipinski definition) is 6. The minimum Gasteiger partial charge on any atom is -0.456 e. The fourth-order valence-electron chi connectivity index (χ4n) is 5.77. The lowest BCUT2D eigenvalue weighted by atomic mass is 9.98. The largest absolute Gasteiger partial charge is 0.456 e. The summed E-state index contributed by atoms with van der Waals surface area (Å²) in [5.74, 6) is 0.385. The highest BCUT2D eigenvalue weighted by molar-refractivity contribution is 5.92. The first-order chi connectivity index (χ1) is 21.6. The van der Waals surface area contributed by atoms with E-state index in [2.05, 4.69) is 41.7 Å². The molecule has 0 saturated carbocycles. The second kappa shape index (κ2) is 11.9. The van der Waals surface area contributed by atoms with Crippen molar-refractivity contribution in [1.29, 1.82) is 0 Å². The molecule has 0 radical (unpaired) electrons. The Balaban J connectivity index is 0.930. The molecule has 0 unspecified atom stereocenters. The molecule has 7 rings (SSSR count).